The van der Waals surface area contributed by atoms with Crippen molar-refractivity contribution in [2.75, 3.05) is 19.9 Å². The molecule has 1 aromatic carbocycles. The van der Waals surface area contributed by atoms with Crippen LogP contribution in [0.15, 0.2) is 18.2 Å². The SMILES string of the molecule is COc1ccc(CCNS(C)(=O)=O)cc1C. The summed E-state index contributed by atoms with van der Waals surface area (Å²) < 4.78 is 29.3. The van der Waals surface area contributed by atoms with Gasteiger partial charge in [0.2, 0.25) is 10.0 Å². The van der Waals surface area contributed by atoms with Crippen LogP contribution in [0.25, 0.3) is 0 Å². The number of nitrogens with one attached hydrogen (secondary N) is 1. The molecule has 0 atom stereocenters. The Bertz CT molecular complexity index is 454. The summed E-state index contributed by atoms with van der Waals surface area (Å²) >= 11 is 0. The molecule has 1 N–H and O–H groups in total. The summed E-state index contributed by atoms with van der Waals surface area (Å²) in [5.74, 6) is 0.847. The molecule has 16 heavy (non-hydrogen) atoms. The lowest BCUT2D eigenvalue weighted by Crippen LogP contribution is -2.24. The maximum absolute atomic E-state index is 10.9. The number of rotatable bonds is 5. The standard InChI is InChI=1S/C11H17NO3S/c1-9-8-10(4-5-11(9)15-2)6-7-12-16(3,13)14/h4-5,8,12H,6-7H2,1-3H3. The lowest BCUT2D eigenvalue weighted by atomic mass is 10.1. The highest BCUT2D eigenvalue weighted by molar-refractivity contribution is 7.88. The van der Waals surface area contributed by atoms with E-state index in [4.69, 9.17) is 4.74 Å². The smallest absolute Gasteiger partial charge is 0.208 e. The van der Waals surface area contributed by atoms with Crippen molar-refractivity contribution in [3.63, 3.8) is 0 Å². The molecule has 4 nitrogen and oxygen atoms in total. The van der Waals surface area contributed by atoms with Crippen LogP contribution in [0.5, 0.6) is 5.75 Å². The molecule has 0 saturated heterocycles. The second-order valence-corrected chi connectivity index (χ2v) is 5.55. The predicted molar refractivity (Wildman–Crippen MR) is 64.3 cm³/mol. The van der Waals surface area contributed by atoms with Gasteiger partial charge in [-0.25, -0.2) is 13.1 Å². The number of ether oxygens (including phenoxy) is 1. The third-order valence-electron chi connectivity index (χ3n) is 2.24. The zero-order valence-electron chi connectivity index (χ0n) is 9.78. The Labute approximate surface area is 96.7 Å². The molecule has 0 fully saturated rings. The first-order valence-electron chi connectivity index (χ1n) is 5.00. The minimum Gasteiger partial charge on any atom is -0.496 e. The van der Waals surface area contributed by atoms with Crippen LogP contribution in [0.1, 0.15) is 11.1 Å². The van der Waals surface area contributed by atoms with Crippen molar-refractivity contribution in [3.05, 3.63) is 29.3 Å². The lowest BCUT2D eigenvalue weighted by Gasteiger charge is -2.07. The zero-order valence-corrected chi connectivity index (χ0v) is 10.6. The molecule has 0 aliphatic rings. The fourth-order valence-corrected chi connectivity index (χ4v) is 1.95. The molecule has 0 spiro atoms. The number of hydrogen-bond donors (Lipinski definition) is 1. The second kappa shape index (κ2) is 5.32. The van der Waals surface area contributed by atoms with Gasteiger partial charge in [-0.2, -0.15) is 0 Å². The number of hydrogen-bond acceptors (Lipinski definition) is 3. The van der Waals surface area contributed by atoms with Gasteiger partial charge in [0, 0.05) is 6.54 Å². The summed E-state index contributed by atoms with van der Waals surface area (Å²) in [6, 6.07) is 5.84. The van der Waals surface area contributed by atoms with Gasteiger partial charge in [-0.05, 0) is 30.5 Å². The van der Waals surface area contributed by atoms with E-state index in [0.29, 0.717) is 13.0 Å². The molecule has 1 rings (SSSR count). The Hall–Kier alpha value is -1.07. The molecule has 0 unspecified atom stereocenters. The summed E-state index contributed by atoms with van der Waals surface area (Å²) in [6.07, 6.45) is 1.84. The van der Waals surface area contributed by atoms with Gasteiger partial charge < -0.3 is 4.74 Å². The van der Waals surface area contributed by atoms with Crippen molar-refractivity contribution in [1.82, 2.24) is 4.72 Å². The van der Waals surface area contributed by atoms with Gasteiger partial charge >= 0.3 is 0 Å². The summed E-state index contributed by atoms with van der Waals surface area (Å²) in [6.45, 7) is 2.39. The zero-order chi connectivity index (χ0) is 12.2. The van der Waals surface area contributed by atoms with Gasteiger partial charge in [-0.1, -0.05) is 12.1 Å². The summed E-state index contributed by atoms with van der Waals surface area (Å²) in [5.41, 5.74) is 2.15. The molecular formula is C11H17NO3S. The Kier molecular flexibility index (Phi) is 4.32. The first-order valence-corrected chi connectivity index (χ1v) is 6.89. The van der Waals surface area contributed by atoms with Gasteiger partial charge in [0.25, 0.3) is 0 Å². The summed E-state index contributed by atoms with van der Waals surface area (Å²) in [7, 11) is -1.46. The van der Waals surface area contributed by atoms with Crippen LogP contribution in [0, 0.1) is 6.92 Å². The summed E-state index contributed by atoms with van der Waals surface area (Å²) in [4.78, 5) is 0. The van der Waals surface area contributed by atoms with E-state index in [1.54, 1.807) is 7.11 Å². The van der Waals surface area contributed by atoms with Crippen molar-refractivity contribution in [1.29, 1.82) is 0 Å². The van der Waals surface area contributed by atoms with Crippen molar-refractivity contribution >= 4 is 10.0 Å². The molecule has 5 heteroatoms. The maximum Gasteiger partial charge on any atom is 0.208 e. The van der Waals surface area contributed by atoms with Gasteiger partial charge in [0.1, 0.15) is 5.75 Å². The first kappa shape index (κ1) is 13.0. The molecule has 90 valence electrons. The highest BCUT2D eigenvalue weighted by atomic mass is 32.2. The van der Waals surface area contributed by atoms with Gasteiger partial charge in [0.05, 0.1) is 13.4 Å². The van der Waals surface area contributed by atoms with Gasteiger partial charge in [-0.15, -0.1) is 0 Å². The predicted octanol–water partition coefficient (Wildman–Crippen LogP) is 1.10. The number of benzene rings is 1. The fourth-order valence-electron chi connectivity index (χ4n) is 1.48. The van der Waals surface area contributed by atoms with E-state index < -0.39 is 10.0 Å². The van der Waals surface area contributed by atoms with E-state index >= 15 is 0 Å². The molecule has 0 aliphatic heterocycles. The van der Waals surface area contributed by atoms with E-state index in [-0.39, 0.29) is 0 Å². The average Bonchev–Trinajstić information content (AvgIpc) is 2.16. The molecule has 0 aromatic heterocycles. The highest BCUT2D eigenvalue weighted by Crippen LogP contribution is 2.18. The minimum atomic E-state index is -3.09. The largest absolute Gasteiger partial charge is 0.496 e. The molecule has 0 heterocycles. The van der Waals surface area contributed by atoms with E-state index in [1.807, 2.05) is 25.1 Å². The average molecular weight is 243 g/mol. The Morgan fingerprint density at radius 3 is 2.56 bits per heavy atom. The molecule has 0 aliphatic carbocycles. The Balaban J connectivity index is 2.59. The maximum atomic E-state index is 10.9. The monoisotopic (exact) mass is 243 g/mol. The van der Waals surface area contributed by atoms with Crippen LogP contribution in [0.4, 0.5) is 0 Å². The number of sulfonamides is 1. The third kappa shape index (κ3) is 4.20. The van der Waals surface area contributed by atoms with Crippen molar-refractivity contribution in [2.24, 2.45) is 0 Å². The van der Waals surface area contributed by atoms with E-state index in [1.165, 1.54) is 0 Å². The second-order valence-electron chi connectivity index (χ2n) is 3.72. The molecule has 0 saturated carbocycles. The van der Waals surface area contributed by atoms with Crippen LogP contribution in [-0.4, -0.2) is 28.3 Å². The third-order valence-corrected chi connectivity index (χ3v) is 2.97. The fraction of sp³-hybridized carbons (Fsp3) is 0.455. The molecule has 1 aromatic rings. The van der Waals surface area contributed by atoms with Crippen LogP contribution >= 0.6 is 0 Å². The lowest BCUT2D eigenvalue weighted by molar-refractivity contribution is 0.411. The van der Waals surface area contributed by atoms with Crippen LogP contribution in [0.2, 0.25) is 0 Å². The topological polar surface area (TPSA) is 55.4 Å². The Morgan fingerprint density at radius 2 is 2.06 bits per heavy atom. The normalized spacial score (nSPS) is 11.4. The molecule has 0 amide bonds. The van der Waals surface area contributed by atoms with Gasteiger partial charge in [0.15, 0.2) is 0 Å². The molecule has 0 radical (unpaired) electrons. The van der Waals surface area contributed by atoms with Gasteiger partial charge in [-0.3, -0.25) is 0 Å². The Morgan fingerprint density at radius 1 is 1.38 bits per heavy atom. The summed E-state index contributed by atoms with van der Waals surface area (Å²) in [5, 5.41) is 0. The number of aryl methyl sites for hydroxylation is 1. The molecular weight excluding hydrogens is 226 g/mol. The molecule has 0 bridgehead atoms. The van der Waals surface area contributed by atoms with Crippen molar-refractivity contribution in [3.8, 4) is 5.75 Å². The van der Waals surface area contributed by atoms with Crippen LogP contribution < -0.4 is 9.46 Å². The highest BCUT2D eigenvalue weighted by Gasteiger charge is 2.02. The number of methoxy groups -OCH3 is 1. The van der Waals surface area contributed by atoms with Crippen LogP contribution in [0.3, 0.4) is 0 Å². The van der Waals surface area contributed by atoms with Crippen molar-refractivity contribution < 1.29 is 13.2 Å². The quantitative estimate of drug-likeness (QED) is 0.842. The first-order chi connectivity index (χ1) is 7.42. The minimum absolute atomic E-state index is 0.421. The van der Waals surface area contributed by atoms with E-state index in [2.05, 4.69) is 4.72 Å². The van der Waals surface area contributed by atoms with E-state index in [0.717, 1.165) is 23.1 Å². The van der Waals surface area contributed by atoms with Crippen molar-refractivity contribution in [2.45, 2.75) is 13.3 Å². The van der Waals surface area contributed by atoms with E-state index in [9.17, 15) is 8.42 Å². The van der Waals surface area contributed by atoms with Crippen LogP contribution in [-0.2, 0) is 16.4 Å².